The lowest BCUT2D eigenvalue weighted by molar-refractivity contribution is -0.208. The number of aliphatic hydroxyl groups excluding tert-OH is 1. The minimum atomic E-state index is -4.81. The molecule has 1 aromatic heterocycles. The van der Waals surface area contributed by atoms with Crippen molar-refractivity contribution in [1.29, 1.82) is 0 Å². The summed E-state index contributed by atoms with van der Waals surface area (Å²) >= 11 is 0. The number of halogens is 3. The fraction of sp³-hybridized carbons (Fsp3) is 0.412. The summed E-state index contributed by atoms with van der Waals surface area (Å²) in [4.78, 5) is 15.6. The molecule has 2 N–H and O–H groups in total. The van der Waals surface area contributed by atoms with Crippen LogP contribution < -0.4 is 5.43 Å². The Morgan fingerprint density at radius 2 is 2.14 bits per heavy atom. The quantitative estimate of drug-likeness (QED) is 0.598. The third kappa shape index (κ3) is 4.14. The molecule has 2 unspecified atom stereocenters. The fourth-order valence-corrected chi connectivity index (χ4v) is 3.11. The van der Waals surface area contributed by atoms with E-state index in [0.717, 1.165) is 11.0 Å². The van der Waals surface area contributed by atoms with Crippen LogP contribution in [0.4, 0.5) is 18.9 Å². The summed E-state index contributed by atoms with van der Waals surface area (Å²) in [5, 5.41) is 20.5. The predicted molar refractivity (Wildman–Crippen MR) is 94.8 cm³/mol. The van der Waals surface area contributed by atoms with Gasteiger partial charge in [0.1, 0.15) is 5.69 Å². The van der Waals surface area contributed by atoms with Gasteiger partial charge in [-0.15, -0.1) is 0 Å². The highest BCUT2D eigenvalue weighted by molar-refractivity contribution is 5.99. The Balaban J connectivity index is 1.75. The number of aromatic nitrogens is 3. The molecule has 8 nitrogen and oxygen atoms in total. The van der Waals surface area contributed by atoms with Crippen molar-refractivity contribution in [2.24, 2.45) is 5.10 Å². The first-order valence-corrected chi connectivity index (χ1v) is 8.58. The average molecular weight is 396 g/mol. The number of alkyl halides is 3. The standard InChI is InChI=1S/C17H19F3N6O2/c1-21-23-13-7-3-2-6-12(13)16(28)25-8-4-5-11(10-25)26-22-9-14(24-26)15(27)17(18,19)20/h2-3,6-7,9,11,15,23,27H,1,4-5,8,10H2. The number of carbonyl (C=O) groups excluding carboxylic acids is 1. The molecule has 2 aromatic rings. The molecule has 28 heavy (non-hydrogen) atoms. The summed E-state index contributed by atoms with van der Waals surface area (Å²) in [5.41, 5.74) is 3.03. The van der Waals surface area contributed by atoms with Gasteiger partial charge in [0.25, 0.3) is 5.91 Å². The number of aliphatic hydroxyl groups is 1. The topological polar surface area (TPSA) is 95.6 Å². The van der Waals surface area contributed by atoms with Gasteiger partial charge in [-0.2, -0.15) is 33.3 Å². The van der Waals surface area contributed by atoms with Crippen LogP contribution >= 0.6 is 0 Å². The van der Waals surface area contributed by atoms with Crippen LogP contribution in [0.3, 0.4) is 0 Å². The van der Waals surface area contributed by atoms with Gasteiger partial charge < -0.3 is 10.0 Å². The van der Waals surface area contributed by atoms with Gasteiger partial charge in [0.2, 0.25) is 0 Å². The Morgan fingerprint density at radius 1 is 1.39 bits per heavy atom. The SMILES string of the molecule is C=NNc1ccccc1C(=O)N1CCCC(n2ncc(C(O)C(F)(F)F)n2)C1. The number of carbonyl (C=O) groups is 1. The second-order valence-electron chi connectivity index (χ2n) is 6.40. The third-order valence-electron chi connectivity index (χ3n) is 4.48. The Labute approximate surface area is 158 Å². The molecule has 1 saturated heterocycles. The number of hydrazone groups is 1. The molecule has 0 radical (unpaired) electrons. The van der Waals surface area contributed by atoms with E-state index in [2.05, 4.69) is 27.4 Å². The van der Waals surface area contributed by atoms with E-state index in [1.807, 2.05) is 0 Å². The number of nitrogens with zero attached hydrogens (tertiary/aromatic N) is 5. The van der Waals surface area contributed by atoms with Gasteiger partial charge in [0.15, 0.2) is 6.10 Å². The normalized spacial score (nSPS) is 18.6. The van der Waals surface area contributed by atoms with Crippen molar-refractivity contribution in [3.8, 4) is 0 Å². The van der Waals surface area contributed by atoms with Crippen molar-refractivity contribution in [2.45, 2.75) is 31.2 Å². The number of hydrogen-bond acceptors (Lipinski definition) is 6. The Bertz CT molecular complexity index is 853. The maximum absolute atomic E-state index is 12.9. The smallest absolute Gasteiger partial charge is 0.378 e. The van der Waals surface area contributed by atoms with Crippen LogP contribution in [0.15, 0.2) is 35.6 Å². The predicted octanol–water partition coefficient (Wildman–Crippen LogP) is 2.38. The molecule has 0 spiro atoms. The molecule has 1 fully saturated rings. The van der Waals surface area contributed by atoms with Crippen molar-refractivity contribution in [3.63, 3.8) is 0 Å². The maximum Gasteiger partial charge on any atom is 0.420 e. The first kappa shape index (κ1) is 19.8. The summed E-state index contributed by atoms with van der Waals surface area (Å²) in [6.07, 6.45) is -5.36. The molecule has 3 rings (SSSR count). The molecule has 11 heteroatoms. The van der Waals surface area contributed by atoms with E-state index in [1.54, 1.807) is 29.2 Å². The summed E-state index contributed by atoms with van der Waals surface area (Å²) in [5.74, 6) is -0.237. The molecule has 0 bridgehead atoms. The van der Waals surface area contributed by atoms with E-state index in [4.69, 9.17) is 0 Å². The van der Waals surface area contributed by atoms with Gasteiger partial charge in [0, 0.05) is 19.8 Å². The number of rotatable bonds is 5. The first-order valence-electron chi connectivity index (χ1n) is 8.58. The minimum Gasteiger partial charge on any atom is -0.378 e. The highest BCUT2D eigenvalue weighted by Gasteiger charge is 2.41. The van der Waals surface area contributed by atoms with Crippen molar-refractivity contribution >= 4 is 18.3 Å². The lowest BCUT2D eigenvalue weighted by Gasteiger charge is -2.32. The van der Waals surface area contributed by atoms with Crippen LogP contribution in [0.25, 0.3) is 0 Å². The van der Waals surface area contributed by atoms with E-state index in [-0.39, 0.29) is 18.5 Å². The monoisotopic (exact) mass is 396 g/mol. The summed E-state index contributed by atoms with van der Waals surface area (Å²) in [6, 6.07) is 6.45. The van der Waals surface area contributed by atoms with Crippen LogP contribution in [0, 0.1) is 0 Å². The number of amides is 1. The largest absolute Gasteiger partial charge is 0.420 e. The van der Waals surface area contributed by atoms with Crippen LogP contribution in [-0.4, -0.2) is 56.9 Å². The zero-order valence-electron chi connectivity index (χ0n) is 14.8. The van der Waals surface area contributed by atoms with Crippen LogP contribution in [0.1, 0.15) is 41.0 Å². The summed E-state index contributed by atoms with van der Waals surface area (Å²) in [6.45, 7) is 4.09. The van der Waals surface area contributed by atoms with Gasteiger partial charge in [-0.05, 0) is 25.0 Å². The highest BCUT2D eigenvalue weighted by atomic mass is 19.4. The second-order valence-corrected chi connectivity index (χ2v) is 6.40. The molecule has 0 aliphatic carbocycles. The number of para-hydroxylation sites is 1. The molecule has 1 aliphatic heterocycles. The van der Waals surface area contributed by atoms with E-state index >= 15 is 0 Å². The van der Waals surface area contributed by atoms with E-state index in [0.29, 0.717) is 30.6 Å². The Morgan fingerprint density at radius 3 is 2.86 bits per heavy atom. The van der Waals surface area contributed by atoms with Crippen molar-refractivity contribution in [3.05, 3.63) is 41.7 Å². The molecule has 1 aromatic carbocycles. The van der Waals surface area contributed by atoms with Crippen LogP contribution in [0.5, 0.6) is 0 Å². The van der Waals surface area contributed by atoms with Gasteiger partial charge in [0.05, 0.1) is 23.5 Å². The van der Waals surface area contributed by atoms with Gasteiger partial charge in [-0.25, -0.2) is 0 Å². The molecule has 150 valence electrons. The highest BCUT2D eigenvalue weighted by Crippen LogP contribution is 2.31. The van der Waals surface area contributed by atoms with E-state index < -0.39 is 18.0 Å². The maximum atomic E-state index is 12.9. The number of nitrogens with one attached hydrogen (secondary N) is 1. The number of likely N-dealkylation sites (tertiary alicyclic amines) is 1. The summed E-state index contributed by atoms with van der Waals surface area (Å²) in [7, 11) is 0. The van der Waals surface area contributed by atoms with Gasteiger partial charge >= 0.3 is 6.18 Å². The number of piperidine rings is 1. The molecule has 1 amide bonds. The molecule has 2 heterocycles. The second kappa shape index (κ2) is 7.97. The molecular weight excluding hydrogens is 377 g/mol. The molecular formula is C17H19F3N6O2. The molecule has 0 saturated carbocycles. The van der Waals surface area contributed by atoms with Crippen LogP contribution in [0.2, 0.25) is 0 Å². The Hall–Kier alpha value is -2.95. The number of hydrogen-bond donors (Lipinski definition) is 2. The van der Waals surface area contributed by atoms with Gasteiger partial charge in [-0.1, -0.05) is 12.1 Å². The van der Waals surface area contributed by atoms with Crippen molar-refractivity contribution in [1.82, 2.24) is 19.9 Å². The lowest BCUT2D eigenvalue weighted by atomic mass is 10.0. The number of anilines is 1. The van der Waals surface area contributed by atoms with Crippen LogP contribution in [-0.2, 0) is 0 Å². The fourth-order valence-electron chi connectivity index (χ4n) is 3.11. The van der Waals surface area contributed by atoms with E-state index in [9.17, 15) is 23.1 Å². The lowest BCUT2D eigenvalue weighted by Crippen LogP contribution is -2.41. The molecule has 1 aliphatic rings. The van der Waals surface area contributed by atoms with Crippen molar-refractivity contribution in [2.75, 3.05) is 18.5 Å². The number of benzene rings is 1. The van der Waals surface area contributed by atoms with Gasteiger partial charge in [-0.3, -0.25) is 10.2 Å². The minimum absolute atomic E-state index is 0.237. The zero-order chi connectivity index (χ0) is 20.3. The molecule has 2 atom stereocenters. The summed E-state index contributed by atoms with van der Waals surface area (Å²) < 4.78 is 37.9. The third-order valence-corrected chi connectivity index (χ3v) is 4.48. The van der Waals surface area contributed by atoms with Crippen molar-refractivity contribution < 1.29 is 23.1 Å². The van der Waals surface area contributed by atoms with E-state index in [1.165, 1.54) is 0 Å². The Kier molecular flexibility index (Phi) is 5.63. The first-order chi connectivity index (χ1) is 13.3. The average Bonchev–Trinajstić information content (AvgIpc) is 3.17. The zero-order valence-corrected chi connectivity index (χ0v) is 14.8.